The Kier molecular flexibility index (Phi) is 3.87. The number of aryl methyl sites for hydroxylation is 2. The SMILES string of the molecule is Cc1ccccc1-c1cccc(-c2cc3c(c[n+]2C)Cc2ccccc2-3)[n+]1C. The van der Waals surface area contributed by atoms with Gasteiger partial charge >= 0.3 is 0 Å². The third-order valence-electron chi connectivity index (χ3n) is 5.96. The minimum absolute atomic E-state index is 1.02. The Morgan fingerprint density at radius 2 is 1.36 bits per heavy atom. The van der Waals surface area contributed by atoms with Crippen LogP contribution in [0.1, 0.15) is 16.7 Å². The number of nitrogens with zero attached hydrogens (tertiary/aromatic N) is 2. The first-order valence-electron chi connectivity index (χ1n) is 9.80. The summed E-state index contributed by atoms with van der Waals surface area (Å²) in [6, 6.07) is 26.3. The lowest BCUT2D eigenvalue weighted by Gasteiger charge is -2.08. The van der Waals surface area contributed by atoms with Crippen molar-refractivity contribution in [3.8, 4) is 33.8 Å². The molecule has 0 spiro atoms. The number of hydrogen-bond donors (Lipinski definition) is 0. The maximum atomic E-state index is 2.36. The second-order valence-corrected chi connectivity index (χ2v) is 7.71. The molecule has 4 aromatic rings. The zero-order valence-corrected chi connectivity index (χ0v) is 16.6. The second kappa shape index (κ2) is 6.42. The average molecular weight is 364 g/mol. The van der Waals surface area contributed by atoms with Crippen molar-refractivity contribution in [3.63, 3.8) is 0 Å². The van der Waals surface area contributed by atoms with E-state index in [-0.39, 0.29) is 0 Å². The molecule has 0 saturated heterocycles. The maximum absolute atomic E-state index is 2.36. The van der Waals surface area contributed by atoms with Crippen molar-refractivity contribution in [3.05, 3.63) is 95.7 Å². The van der Waals surface area contributed by atoms with Crippen molar-refractivity contribution < 1.29 is 9.13 Å². The van der Waals surface area contributed by atoms with Gasteiger partial charge in [-0.1, -0.05) is 42.5 Å². The Balaban J connectivity index is 1.70. The van der Waals surface area contributed by atoms with E-state index < -0.39 is 0 Å². The third kappa shape index (κ3) is 2.56. The van der Waals surface area contributed by atoms with Crippen LogP contribution in [0.2, 0.25) is 0 Å². The topological polar surface area (TPSA) is 7.76 Å². The zero-order valence-electron chi connectivity index (χ0n) is 16.6. The van der Waals surface area contributed by atoms with Crippen LogP contribution < -0.4 is 9.13 Å². The predicted octanol–water partition coefficient (Wildman–Crippen LogP) is 4.55. The van der Waals surface area contributed by atoms with Gasteiger partial charge in [0, 0.05) is 35.7 Å². The number of hydrogen-bond acceptors (Lipinski definition) is 0. The van der Waals surface area contributed by atoms with E-state index in [1.54, 1.807) is 0 Å². The summed E-state index contributed by atoms with van der Waals surface area (Å²) in [5.41, 5.74) is 11.8. The first-order chi connectivity index (χ1) is 13.6. The van der Waals surface area contributed by atoms with E-state index in [4.69, 9.17) is 0 Å². The molecule has 0 unspecified atom stereocenters. The van der Waals surface area contributed by atoms with Gasteiger partial charge in [-0.3, -0.25) is 0 Å². The molecule has 2 aromatic carbocycles. The molecule has 0 N–H and O–H groups in total. The number of fused-ring (bicyclic) bond motifs is 3. The highest BCUT2D eigenvalue weighted by atomic mass is 15.0. The van der Waals surface area contributed by atoms with Crippen LogP contribution in [0.4, 0.5) is 0 Å². The molecule has 1 aliphatic rings. The van der Waals surface area contributed by atoms with Crippen LogP contribution in [-0.4, -0.2) is 0 Å². The van der Waals surface area contributed by atoms with Gasteiger partial charge in [0.05, 0.1) is 0 Å². The predicted molar refractivity (Wildman–Crippen MR) is 113 cm³/mol. The first kappa shape index (κ1) is 16.9. The van der Waals surface area contributed by atoms with E-state index in [0.717, 1.165) is 6.42 Å². The molecule has 0 fully saturated rings. The van der Waals surface area contributed by atoms with Crippen molar-refractivity contribution >= 4 is 0 Å². The van der Waals surface area contributed by atoms with Gasteiger partial charge in [-0.25, -0.2) is 0 Å². The summed E-state index contributed by atoms with van der Waals surface area (Å²) in [5.74, 6) is 0. The molecule has 0 amide bonds. The van der Waals surface area contributed by atoms with E-state index >= 15 is 0 Å². The quantitative estimate of drug-likeness (QED) is 0.406. The largest absolute Gasteiger partial charge is 0.277 e. The molecule has 5 rings (SSSR count). The van der Waals surface area contributed by atoms with Gasteiger partial charge in [-0.05, 0) is 41.3 Å². The fourth-order valence-corrected chi connectivity index (χ4v) is 4.46. The van der Waals surface area contributed by atoms with Gasteiger partial charge in [-0.15, -0.1) is 0 Å². The number of aromatic nitrogens is 2. The highest BCUT2D eigenvalue weighted by Crippen LogP contribution is 2.37. The molecule has 0 bridgehead atoms. The molecular formula is C26H24N2+2. The lowest BCUT2D eigenvalue weighted by atomic mass is 10.0. The Morgan fingerprint density at radius 1 is 0.643 bits per heavy atom. The van der Waals surface area contributed by atoms with Crippen molar-refractivity contribution in [1.29, 1.82) is 0 Å². The Morgan fingerprint density at radius 3 is 2.18 bits per heavy atom. The number of rotatable bonds is 2. The molecular weight excluding hydrogens is 340 g/mol. The standard InChI is InChI=1S/C26H24N2/c1-18-9-4-6-11-21(18)24-13-8-14-25(28(24)3)26-16-23-20(17-27(26)2)15-19-10-5-7-12-22(19)23/h4-14,16-17H,15H2,1-3H3/q+2. The summed E-state index contributed by atoms with van der Waals surface area (Å²) < 4.78 is 4.58. The Hall–Kier alpha value is -3.26. The molecule has 2 heterocycles. The van der Waals surface area contributed by atoms with Gasteiger partial charge in [0.15, 0.2) is 6.20 Å². The normalized spacial score (nSPS) is 12.0. The molecule has 0 radical (unpaired) electrons. The van der Waals surface area contributed by atoms with Crippen LogP contribution >= 0.6 is 0 Å². The van der Waals surface area contributed by atoms with E-state index in [2.05, 4.69) is 109 Å². The maximum Gasteiger partial charge on any atom is 0.277 e. The van der Waals surface area contributed by atoms with Crippen molar-refractivity contribution in [2.45, 2.75) is 13.3 Å². The summed E-state index contributed by atoms with van der Waals surface area (Å²) in [7, 11) is 4.32. The molecule has 0 atom stereocenters. The van der Waals surface area contributed by atoms with Gasteiger partial charge in [0.25, 0.3) is 11.4 Å². The van der Waals surface area contributed by atoms with E-state index in [9.17, 15) is 0 Å². The van der Waals surface area contributed by atoms with Crippen LogP contribution in [0.5, 0.6) is 0 Å². The van der Waals surface area contributed by atoms with Crippen LogP contribution in [0.25, 0.3) is 33.8 Å². The van der Waals surface area contributed by atoms with E-state index in [1.165, 1.54) is 50.5 Å². The highest BCUT2D eigenvalue weighted by molar-refractivity contribution is 5.78. The van der Waals surface area contributed by atoms with Crippen LogP contribution in [-0.2, 0) is 20.5 Å². The minimum atomic E-state index is 1.02. The molecule has 0 aliphatic heterocycles. The van der Waals surface area contributed by atoms with Crippen LogP contribution in [0.15, 0.2) is 79.0 Å². The van der Waals surface area contributed by atoms with Crippen molar-refractivity contribution in [2.75, 3.05) is 0 Å². The van der Waals surface area contributed by atoms with Gasteiger partial charge in [0.1, 0.15) is 14.1 Å². The fraction of sp³-hybridized carbons (Fsp3) is 0.154. The molecule has 2 nitrogen and oxygen atoms in total. The summed E-state index contributed by atoms with van der Waals surface area (Å²) in [5, 5.41) is 0. The monoisotopic (exact) mass is 364 g/mol. The van der Waals surface area contributed by atoms with Gasteiger partial charge in [0.2, 0.25) is 5.69 Å². The Bertz CT molecular complexity index is 1220. The summed E-state index contributed by atoms with van der Waals surface area (Å²) in [6.07, 6.45) is 3.32. The van der Waals surface area contributed by atoms with Gasteiger partial charge < -0.3 is 0 Å². The smallest absolute Gasteiger partial charge is 0.196 e. The third-order valence-corrected chi connectivity index (χ3v) is 5.96. The van der Waals surface area contributed by atoms with Crippen molar-refractivity contribution in [2.24, 2.45) is 14.1 Å². The zero-order chi connectivity index (χ0) is 19.3. The second-order valence-electron chi connectivity index (χ2n) is 7.71. The lowest BCUT2D eigenvalue weighted by molar-refractivity contribution is -0.685. The number of benzene rings is 2. The van der Waals surface area contributed by atoms with Crippen LogP contribution in [0, 0.1) is 6.92 Å². The van der Waals surface area contributed by atoms with E-state index in [1.807, 2.05) is 0 Å². The summed E-state index contributed by atoms with van der Waals surface area (Å²) in [4.78, 5) is 0. The fourth-order valence-electron chi connectivity index (χ4n) is 4.46. The molecule has 2 aromatic heterocycles. The average Bonchev–Trinajstić information content (AvgIpc) is 3.06. The van der Waals surface area contributed by atoms with Crippen LogP contribution in [0.3, 0.4) is 0 Å². The highest BCUT2D eigenvalue weighted by Gasteiger charge is 2.28. The first-order valence-corrected chi connectivity index (χ1v) is 9.80. The van der Waals surface area contributed by atoms with Crippen molar-refractivity contribution in [1.82, 2.24) is 0 Å². The molecule has 136 valence electrons. The molecule has 1 aliphatic carbocycles. The summed E-state index contributed by atoms with van der Waals surface area (Å²) in [6.45, 7) is 2.17. The lowest BCUT2D eigenvalue weighted by Crippen LogP contribution is -2.40. The molecule has 2 heteroatoms. The molecule has 0 saturated carbocycles. The van der Waals surface area contributed by atoms with E-state index in [0.29, 0.717) is 0 Å². The minimum Gasteiger partial charge on any atom is -0.196 e. The Labute approximate surface area is 166 Å². The summed E-state index contributed by atoms with van der Waals surface area (Å²) >= 11 is 0. The molecule has 28 heavy (non-hydrogen) atoms. The number of pyridine rings is 2. The van der Waals surface area contributed by atoms with Gasteiger partial charge in [-0.2, -0.15) is 9.13 Å².